The highest BCUT2D eigenvalue weighted by atomic mass is 35.5. The molecule has 29 heavy (non-hydrogen) atoms. The van der Waals surface area contributed by atoms with E-state index in [2.05, 4.69) is 20.6 Å². The Labute approximate surface area is 170 Å². The summed E-state index contributed by atoms with van der Waals surface area (Å²) < 4.78 is 4.90. The number of ether oxygens (including phenoxy) is 1. The predicted octanol–water partition coefficient (Wildman–Crippen LogP) is 3.18. The fourth-order valence-corrected chi connectivity index (χ4v) is 2.44. The third-order valence-corrected chi connectivity index (χ3v) is 3.91. The van der Waals surface area contributed by atoms with Crippen LogP contribution in [0.5, 0.6) is 0 Å². The minimum absolute atomic E-state index is 0.0111. The van der Waals surface area contributed by atoms with Crippen molar-refractivity contribution in [1.29, 1.82) is 0 Å². The molecule has 2 amide bonds. The number of anilines is 2. The summed E-state index contributed by atoms with van der Waals surface area (Å²) in [5.74, 6) is -1.80. The van der Waals surface area contributed by atoms with Crippen molar-refractivity contribution in [2.24, 2.45) is 0 Å². The summed E-state index contributed by atoms with van der Waals surface area (Å²) in [4.78, 5) is 44.1. The third-order valence-electron chi connectivity index (χ3n) is 3.65. The van der Waals surface area contributed by atoms with E-state index in [4.69, 9.17) is 16.3 Å². The Balaban J connectivity index is 1.62. The SMILES string of the molecule is O=C(COC(=O)c1cnccn1)Nc1ccccc1C(=O)Nc1ccc(Cl)cc1. The number of esters is 1. The lowest BCUT2D eigenvalue weighted by Crippen LogP contribution is -2.23. The molecule has 3 rings (SSSR count). The first-order valence-electron chi connectivity index (χ1n) is 8.42. The molecule has 1 heterocycles. The van der Waals surface area contributed by atoms with E-state index >= 15 is 0 Å². The van der Waals surface area contributed by atoms with E-state index in [-0.39, 0.29) is 16.9 Å². The van der Waals surface area contributed by atoms with Gasteiger partial charge in [-0.25, -0.2) is 9.78 Å². The lowest BCUT2D eigenvalue weighted by Gasteiger charge is -2.12. The molecule has 0 saturated heterocycles. The molecule has 0 fully saturated rings. The van der Waals surface area contributed by atoms with Crippen molar-refractivity contribution in [1.82, 2.24) is 9.97 Å². The Kier molecular flexibility index (Phi) is 6.49. The van der Waals surface area contributed by atoms with Crippen LogP contribution in [0, 0.1) is 0 Å². The summed E-state index contributed by atoms with van der Waals surface area (Å²) in [5, 5.41) is 5.83. The Morgan fingerprint density at radius 3 is 2.45 bits per heavy atom. The molecule has 0 bridgehead atoms. The van der Waals surface area contributed by atoms with Gasteiger partial charge in [0.1, 0.15) is 0 Å². The lowest BCUT2D eigenvalue weighted by molar-refractivity contribution is -0.119. The number of carbonyl (C=O) groups excluding carboxylic acids is 3. The number of rotatable bonds is 6. The molecule has 0 aliphatic rings. The first-order valence-corrected chi connectivity index (χ1v) is 8.79. The van der Waals surface area contributed by atoms with E-state index in [1.807, 2.05) is 0 Å². The van der Waals surface area contributed by atoms with Crippen molar-refractivity contribution in [2.75, 3.05) is 17.2 Å². The Hall–Kier alpha value is -3.78. The van der Waals surface area contributed by atoms with E-state index < -0.39 is 24.4 Å². The van der Waals surface area contributed by atoms with Gasteiger partial charge in [0.15, 0.2) is 12.3 Å². The van der Waals surface area contributed by atoms with Gasteiger partial charge in [0, 0.05) is 23.1 Å². The smallest absolute Gasteiger partial charge is 0.359 e. The zero-order valence-corrected chi connectivity index (χ0v) is 15.7. The van der Waals surface area contributed by atoms with E-state index in [1.165, 1.54) is 18.6 Å². The van der Waals surface area contributed by atoms with Crippen LogP contribution in [0.2, 0.25) is 5.02 Å². The number of aromatic nitrogens is 2. The quantitative estimate of drug-likeness (QED) is 0.604. The molecule has 9 heteroatoms. The highest BCUT2D eigenvalue weighted by Gasteiger charge is 2.15. The summed E-state index contributed by atoms with van der Waals surface area (Å²) in [6.07, 6.45) is 3.98. The molecule has 2 N–H and O–H groups in total. The lowest BCUT2D eigenvalue weighted by atomic mass is 10.1. The van der Waals surface area contributed by atoms with Crippen LogP contribution in [-0.2, 0) is 9.53 Å². The minimum atomic E-state index is -0.776. The fraction of sp³-hybridized carbons (Fsp3) is 0.0500. The molecule has 0 saturated carbocycles. The Bertz CT molecular complexity index is 1030. The Morgan fingerprint density at radius 2 is 1.72 bits per heavy atom. The van der Waals surface area contributed by atoms with Gasteiger partial charge in [-0.05, 0) is 36.4 Å². The molecular weight excluding hydrogens is 396 g/mol. The van der Waals surface area contributed by atoms with Gasteiger partial charge in [-0.1, -0.05) is 23.7 Å². The van der Waals surface area contributed by atoms with Crippen LogP contribution in [0.1, 0.15) is 20.8 Å². The fourth-order valence-electron chi connectivity index (χ4n) is 2.32. The third kappa shape index (κ3) is 5.60. The van der Waals surface area contributed by atoms with Crippen molar-refractivity contribution in [2.45, 2.75) is 0 Å². The van der Waals surface area contributed by atoms with E-state index in [1.54, 1.807) is 48.5 Å². The molecule has 0 unspecified atom stereocenters. The van der Waals surface area contributed by atoms with E-state index in [9.17, 15) is 14.4 Å². The van der Waals surface area contributed by atoms with Gasteiger partial charge >= 0.3 is 5.97 Å². The molecule has 2 aromatic carbocycles. The normalized spacial score (nSPS) is 10.1. The summed E-state index contributed by atoms with van der Waals surface area (Å²) in [7, 11) is 0. The number of halogens is 1. The summed E-state index contributed by atoms with van der Waals surface area (Å²) >= 11 is 5.84. The topological polar surface area (TPSA) is 110 Å². The van der Waals surface area contributed by atoms with Crippen LogP contribution in [0.3, 0.4) is 0 Å². The molecule has 0 aliphatic carbocycles. The maximum absolute atomic E-state index is 12.6. The number of hydrogen-bond donors (Lipinski definition) is 2. The van der Waals surface area contributed by atoms with Gasteiger partial charge in [0.05, 0.1) is 17.4 Å². The van der Waals surface area contributed by atoms with E-state index in [0.29, 0.717) is 10.7 Å². The van der Waals surface area contributed by atoms with Crippen LogP contribution < -0.4 is 10.6 Å². The second kappa shape index (κ2) is 9.43. The zero-order chi connectivity index (χ0) is 20.6. The summed E-state index contributed by atoms with van der Waals surface area (Å²) in [6.45, 7) is -0.539. The van der Waals surface area contributed by atoms with Crippen LogP contribution in [-0.4, -0.2) is 34.4 Å². The highest BCUT2D eigenvalue weighted by Crippen LogP contribution is 2.19. The maximum Gasteiger partial charge on any atom is 0.359 e. The summed E-state index contributed by atoms with van der Waals surface area (Å²) in [5.41, 5.74) is 1.07. The number of nitrogens with one attached hydrogen (secondary N) is 2. The number of amides is 2. The van der Waals surface area contributed by atoms with Gasteiger partial charge < -0.3 is 15.4 Å². The summed E-state index contributed by atoms with van der Waals surface area (Å²) in [6, 6.07) is 13.1. The standard InChI is InChI=1S/C20H15ClN4O4/c21-13-5-7-14(8-6-13)24-19(27)15-3-1-2-4-16(15)25-18(26)12-29-20(28)17-11-22-9-10-23-17/h1-11H,12H2,(H,24,27)(H,25,26). The van der Waals surface area contributed by atoms with Crippen molar-refractivity contribution < 1.29 is 19.1 Å². The van der Waals surface area contributed by atoms with Crippen molar-refractivity contribution in [3.8, 4) is 0 Å². The van der Waals surface area contributed by atoms with Crippen molar-refractivity contribution in [3.63, 3.8) is 0 Å². The minimum Gasteiger partial charge on any atom is -0.451 e. The van der Waals surface area contributed by atoms with Gasteiger partial charge in [0.2, 0.25) is 0 Å². The van der Waals surface area contributed by atoms with Crippen molar-refractivity contribution in [3.05, 3.63) is 83.4 Å². The number of benzene rings is 2. The molecule has 8 nitrogen and oxygen atoms in total. The Morgan fingerprint density at radius 1 is 0.966 bits per heavy atom. The first-order chi connectivity index (χ1) is 14.0. The molecule has 1 aromatic heterocycles. The van der Waals surface area contributed by atoms with Crippen LogP contribution in [0.15, 0.2) is 67.1 Å². The average Bonchev–Trinajstić information content (AvgIpc) is 2.74. The number of para-hydroxylation sites is 1. The maximum atomic E-state index is 12.6. The van der Waals surface area contributed by atoms with Crippen LogP contribution in [0.4, 0.5) is 11.4 Å². The molecule has 0 aliphatic heterocycles. The largest absolute Gasteiger partial charge is 0.451 e. The highest BCUT2D eigenvalue weighted by molar-refractivity contribution is 6.30. The second-order valence-corrected chi connectivity index (χ2v) is 6.16. The van der Waals surface area contributed by atoms with E-state index in [0.717, 1.165) is 0 Å². The number of hydrogen-bond acceptors (Lipinski definition) is 6. The second-order valence-electron chi connectivity index (χ2n) is 5.72. The van der Waals surface area contributed by atoms with Crippen molar-refractivity contribution >= 4 is 40.8 Å². The number of nitrogens with zero attached hydrogens (tertiary/aromatic N) is 2. The number of carbonyl (C=O) groups is 3. The van der Waals surface area contributed by atoms with Gasteiger partial charge in [0.25, 0.3) is 11.8 Å². The molecule has 0 atom stereocenters. The van der Waals surface area contributed by atoms with Gasteiger partial charge in [-0.15, -0.1) is 0 Å². The predicted molar refractivity (Wildman–Crippen MR) is 107 cm³/mol. The van der Waals surface area contributed by atoms with Gasteiger partial charge in [-0.3, -0.25) is 14.6 Å². The molecule has 146 valence electrons. The molecule has 0 radical (unpaired) electrons. The van der Waals surface area contributed by atoms with Crippen LogP contribution >= 0.6 is 11.6 Å². The average molecular weight is 411 g/mol. The molecule has 3 aromatic rings. The van der Waals surface area contributed by atoms with Crippen LogP contribution in [0.25, 0.3) is 0 Å². The van der Waals surface area contributed by atoms with Gasteiger partial charge in [-0.2, -0.15) is 0 Å². The molecular formula is C20H15ClN4O4. The first kappa shape index (κ1) is 20.0. The monoisotopic (exact) mass is 410 g/mol. The zero-order valence-electron chi connectivity index (χ0n) is 15.0. The molecule has 0 spiro atoms.